The summed E-state index contributed by atoms with van der Waals surface area (Å²) in [5.74, 6) is -0.768. The number of amides is 2. The van der Waals surface area contributed by atoms with Gasteiger partial charge in [-0.15, -0.1) is 0 Å². The van der Waals surface area contributed by atoms with Gasteiger partial charge in [0.05, 0.1) is 13.1 Å². The molecule has 0 spiro atoms. The van der Waals surface area contributed by atoms with E-state index in [-0.39, 0.29) is 24.9 Å². The van der Waals surface area contributed by atoms with Gasteiger partial charge in [-0.1, -0.05) is 18.2 Å². The van der Waals surface area contributed by atoms with Gasteiger partial charge in [-0.3, -0.25) is 14.5 Å². The number of carbonyl (C=O) groups is 2. The molecule has 0 atom stereocenters. The number of benzene rings is 1. The maximum absolute atomic E-state index is 13.1. The van der Waals surface area contributed by atoms with Gasteiger partial charge in [-0.2, -0.15) is 0 Å². The van der Waals surface area contributed by atoms with Crippen molar-refractivity contribution in [2.75, 3.05) is 38.5 Å². The lowest BCUT2D eigenvalue weighted by molar-refractivity contribution is -0.131. The average Bonchev–Trinajstić information content (AvgIpc) is 2.43. The highest BCUT2D eigenvalue weighted by atomic mass is 19.1. The topological polar surface area (TPSA) is 52.7 Å². The number of carbonyl (C=O) groups excluding carboxylic acids is 2. The fourth-order valence-electron chi connectivity index (χ4n) is 2.10. The van der Waals surface area contributed by atoms with Crippen LogP contribution < -0.4 is 5.32 Å². The second kappa shape index (κ2) is 9.05. The molecule has 1 rings (SSSR count). The number of nitrogens with zero attached hydrogens (tertiary/aromatic N) is 2. The number of anilines is 1. The number of hydrogen-bond acceptors (Lipinski definition) is 3. The van der Waals surface area contributed by atoms with Gasteiger partial charge in [0, 0.05) is 18.8 Å². The van der Waals surface area contributed by atoms with E-state index < -0.39 is 5.82 Å². The number of halogens is 1. The number of nitrogens with one attached hydrogen (secondary N) is 1. The molecule has 1 aromatic carbocycles. The van der Waals surface area contributed by atoms with Gasteiger partial charge in [0.15, 0.2) is 0 Å². The van der Waals surface area contributed by atoms with Crippen LogP contribution in [0.3, 0.4) is 0 Å². The van der Waals surface area contributed by atoms with Crippen LogP contribution in [0.25, 0.3) is 0 Å². The molecule has 1 aromatic rings. The normalized spacial score (nSPS) is 10.5. The molecule has 0 heterocycles. The molecular formula is C17H24FN3O2. The third-order valence-corrected chi connectivity index (χ3v) is 3.12. The zero-order valence-corrected chi connectivity index (χ0v) is 13.9. The Bertz CT molecular complexity index is 575. The highest BCUT2D eigenvalue weighted by Crippen LogP contribution is 2.08. The molecule has 5 nitrogen and oxygen atoms in total. The summed E-state index contributed by atoms with van der Waals surface area (Å²) < 4.78 is 13.1. The standard InChI is InChI=1S/C17H24FN3O2/c1-5-21(10-13(2)3)17(23)12-20(4)11-16(22)19-15-8-6-7-14(18)9-15/h6-9H,2,5,10-12H2,1,3-4H3,(H,19,22). The second-order valence-electron chi connectivity index (χ2n) is 5.60. The first-order valence-electron chi connectivity index (χ1n) is 7.48. The Morgan fingerprint density at radius 2 is 1.96 bits per heavy atom. The summed E-state index contributed by atoms with van der Waals surface area (Å²) in [6.45, 7) is 8.86. The van der Waals surface area contributed by atoms with Crippen LogP contribution in [-0.2, 0) is 9.59 Å². The summed E-state index contributed by atoms with van der Waals surface area (Å²) in [6.07, 6.45) is 0. The number of rotatable bonds is 8. The van der Waals surface area contributed by atoms with E-state index in [1.807, 2.05) is 13.8 Å². The fraction of sp³-hybridized carbons (Fsp3) is 0.412. The molecule has 0 fully saturated rings. The SMILES string of the molecule is C=C(C)CN(CC)C(=O)CN(C)CC(=O)Nc1cccc(F)c1. The highest BCUT2D eigenvalue weighted by Gasteiger charge is 2.16. The average molecular weight is 321 g/mol. The van der Waals surface area contributed by atoms with Crippen molar-refractivity contribution >= 4 is 17.5 Å². The Labute approximate surface area is 136 Å². The number of likely N-dealkylation sites (N-methyl/N-ethyl adjacent to an activating group) is 2. The van der Waals surface area contributed by atoms with E-state index in [1.54, 1.807) is 22.9 Å². The van der Waals surface area contributed by atoms with Crippen molar-refractivity contribution < 1.29 is 14.0 Å². The molecule has 2 amide bonds. The maximum Gasteiger partial charge on any atom is 0.238 e. The van der Waals surface area contributed by atoms with Gasteiger partial charge < -0.3 is 10.2 Å². The molecule has 0 unspecified atom stereocenters. The van der Waals surface area contributed by atoms with Crippen molar-refractivity contribution in [3.8, 4) is 0 Å². The first-order valence-corrected chi connectivity index (χ1v) is 7.48. The molecule has 1 N–H and O–H groups in total. The Morgan fingerprint density at radius 1 is 1.26 bits per heavy atom. The van der Waals surface area contributed by atoms with E-state index in [4.69, 9.17) is 0 Å². The Kier molecular flexibility index (Phi) is 7.41. The van der Waals surface area contributed by atoms with Gasteiger partial charge in [0.1, 0.15) is 5.82 Å². The van der Waals surface area contributed by atoms with Crippen LogP contribution in [0.15, 0.2) is 36.4 Å². The van der Waals surface area contributed by atoms with Crippen LogP contribution in [0.4, 0.5) is 10.1 Å². The minimum atomic E-state index is -0.412. The minimum absolute atomic E-state index is 0.0485. The summed E-state index contributed by atoms with van der Waals surface area (Å²) in [6, 6.07) is 5.68. The smallest absolute Gasteiger partial charge is 0.238 e. The van der Waals surface area contributed by atoms with Crippen LogP contribution in [-0.4, -0.2) is 54.8 Å². The summed E-state index contributed by atoms with van der Waals surface area (Å²) in [5.41, 5.74) is 1.30. The summed E-state index contributed by atoms with van der Waals surface area (Å²) in [7, 11) is 1.69. The predicted molar refractivity (Wildman–Crippen MR) is 89.6 cm³/mol. The molecule has 0 aliphatic heterocycles. The first-order chi connectivity index (χ1) is 10.8. The van der Waals surface area contributed by atoms with Crippen LogP contribution in [0.1, 0.15) is 13.8 Å². The van der Waals surface area contributed by atoms with Gasteiger partial charge in [0.25, 0.3) is 0 Å². The lowest BCUT2D eigenvalue weighted by atomic mass is 10.3. The fourth-order valence-corrected chi connectivity index (χ4v) is 2.10. The Morgan fingerprint density at radius 3 is 2.52 bits per heavy atom. The van der Waals surface area contributed by atoms with Crippen LogP contribution >= 0.6 is 0 Å². The van der Waals surface area contributed by atoms with Crippen molar-refractivity contribution in [3.63, 3.8) is 0 Å². The molecule has 0 aliphatic carbocycles. The molecule has 23 heavy (non-hydrogen) atoms. The van der Waals surface area contributed by atoms with Crippen molar-refractivity contribution in [1.82, 2.24) is 9.80 Å². The molecular weight excluding hydrogens is 297 g/mol. The molecule has 0 saturated heterocycles. The van der Waals surface area contributed by atoms with Gasteiger partial charge in [-0.05, 0) is 39.1 Å². The van der Waals surface area contributed by atoms with Crippen molar-refractivity contribution in [2.45, 2.75) is 13.8 Å². The minimum Gasteiger partial charge on any atom is -0.338 e. The van der Waals surface area contributed by atoms with E-state index in [0.717, 1.165) is 5.57 Å². The molecule has 0 bridgehead atoms. The van der Waals surface area contributed by atoms with Gasteiger partial charge in [0.2, 0.25) is 11.8 Å². The molecule has 126 valence electrons. The summed E-state index contributed by atoms with van der Waals surface area (Å²) in [5, 5.41) is 2.60. The third kappa shape index (κ3) is 7.06. The maximum atomic E-state index is 13.1. The zero-order chi connectivity index (χ0) is 17.4. The quantitative estimate of drug-likeness (QED) is 0.746. The van der Waals surface area contributed by atoms with Crippen LogP contribution in [0.2, 0.25) is 0 Å². The molecule has 0 radical (unpaired) electrons. The summed E-state index contributed by atoms with van der Waals surface area (Å²) in [4.78, 5) is 27.4. The number of hydrogen-bond donors (Lipinski definition) is 1. The van der Waals surface area contributed by atoms with Crippen LogP contribution in [0, 0.1) is 5.82 Å². The molecule has 0 saturated carbocycles. The Balaban J connectivity index is 2.48. The van der Waals surface area contributed by atoms with E-state index in [2.05, 4.69) is 11.9 Å². The van der Waals surface area contributed by atoms with E-state index in [1.165, 1.54) is 18.2 Å². The zero-order valence-electron chi connectivity index (χ0n) is 13.9. The summed E-state index contributed by atoms with van der Waals surface area (Å²) >= 11 is 0. The lowest BCUT2D eigenvalue weighted by Crippen LogP contribution is -2.41. The first kappa shape index (κ1) is 18.8. The largest absolute Gasteiger partial charge is 0.338 e. The van der Waals surface area contributed by atoms with Crippen LogP contribution in [0.5, 0.6) is 0 Å². The second-order valence-corrected chi connectivity index (χ2v) is 5.60. The van der Waals surface area contributed by atoms with Crippen molar-refractivity contribution in [1.29, 1.82) is 0 Å². The Hall–Kier alpha value is -2.21. The van der Waals surface area contributed by atoms with Gasteiger partial charge in [-0.25, -0.2) is 4.39 Å². The molecule has 0 aliphatic rings. The van der Waals surface area contributed by atoms with E-state index >= 15 is 0 Å². The van der Waals surface area contributed by atoms with Crippen molar-refractivity contribution in [3.05, 3.63) is 42.2 Å². The molecule has 6 heteroatoms. The van der Waals surface area contributed by atoms with E-state index in [0.29, 0.717) is 18.8 Å². The van der Waals surface area contributed by atoms with Crippen molar-refractivity contribution in [2.24, 2.45) is 0 Å². The predicted octanol–water partition coefficient (Wildman–Crippen LogP) is 2.12. The molecule has 0 aromatic heterocycles. The lowest BCUT2D eigenvalue weighted by Gasteiger charge is -2.24. The van der Waals surface area contributed by atoms with E-state index in [9.17, 15) is 14.0 Å². The highest BCUT2D eigenvalue weighted by molar-refractivity contribution is 5.92. The monoisotopic (exact) mass is 321 g/mol. The third-order valence-electron chi connectivity index (χ3n) is 3.12. The van der Waals surface area contributed by atoms with Gasteiger partial charge >= 0.3 is 0 Å².